The van der Waals surface area contributed by atoms with Crippen LogP contribution in [0.15, 0.2) is 86.5 Å². The molecule has 0 atom stereocenters. The lowest BCUT2D eigenvalue weighted by molar-refractivity contribution is 0.415. The molecule has 0 amide bonds. The fourth-order valence-electron chi connectivity index (χ4n) is 2.97. The molecule has 0 bridgehead atoms. The molecule has 0 aliphatic rings. The highest BCUT2D eigenvalue weighted by molar-refractivity contribution is 9.10. The molecule has 4 rings (SSSR count). The second-order valence-corrected chi connectivity index (χ2v) is 7.27. The van der Waals surface area contributed by atoms with Crippen LogP contribution in [0.3, 0.4) is 0 Å². The van der Waals surface area contributed by atoms with E-state index in [-0.39, 0.29) is 5.63 Å². The van der Waals surface area contributed by atoms with Gasteiger partial charge in [0.2, 0.25) is 0 Å². The number of rotatable bonds is 4. The zero-order valence-corrected chi connectivity index (χ0v) is 16.8. The third kappa shape index (κ3) is 3.92. The summed E-state index contributed by atoms with van der Waals surface area (Å²) in [6.45, 7) is 0. The molecule has 138 valence electrons. The third-order valence-corrected chi connectivity index (χ3v) is 5.03. The highest BCUT2D eigenvalue weighted by Crippen LogP contribution is 2.24. The van der Waals surface area contributed by atoms with Gasteiger partial charge in [-0.25, -0.2) is 4.79 Å². The second-order valence-electron chi connectivity index (χ2n) is 6.36. The van der Waals surface area contributed by atoms with Gasteiger partial charge in [0, 0.05) is 9.86 Å². The minimum atomic E-state index is -0.342. The first-order valence-electron chi connectivity index (χ1n) is 8.78. The summed E-state index contributed by atoms with van der Waals surface area (Å²) in [6.07, 6.45) is 4.00. The van der Waals surface area contributed by atoms with Crippen LogP contribution >= 0.6 is 15.9 Å². The summed E-state index contributed by atoms with van der Waals surface area (Å²) in [5.74, 6) is 0.825. The minimum absolute atomic E-state index is 0.342. The Kier molecular flexibility index (Phi) is 5.13. The van der Waals surface area contributed by atoms with E-state index in [1.807, 2.05) is 84.9 Å². The SMILES string of the molecule is COc1ccc(/C=C/c2ccc3cc(-c4ccc(Br)cc4)c(=O)oc3c2)cc1. The molecule has 0 spiro atoms. The van der Waals surface area contributed by atoms with Crippen LogP contribution < -0.4 is 10.4 Å². The molecule has 0 radical (unpaired) electrons. The molecule has 3 nitrogen and oxygen atoms in total. The summed E-state index contributed by atoms with van der Waals surface area (Å²) < 4.78 is 11.7. The normalized spacial score (nSPS) is 11.2. The van der Waals surface area contributed by atoms with Gasteiger partial charge in [-0.1, -0.05) is 64.5 Å². The number of hydrogen-bond acceptors (Lipinski definition) is 3. The molecule has 28 heavy (non-hydrogen) atoms. The van der Waals surface area contributed by atoms with E-state index < -0.39 is 0 Å². The molecule has 0 aliphatic carbocycles. The fraction of sp³-hybridized carbons (Fsp3) is 0.0417. The predicted molar refractivity (Wildman–Crippen MR) is 118 cm³/mol. The molecule has 4 heteroatoms. The van der Waals surface area contributed by atoms with Crippen molar-refractivity contribution in [3.05, 3.63) is 98.8 Å². The molecule has 1 heterocycles. The van der Waals surface area contributed by atoms with Gasteiger partial charge in [0.05, 0.1) is 12.7 Å². The summed E-state index contributed by atoms with van der Waals surface area (Å²) in [5.41, 5.74) is 3.65. The van der Waals surface area contributed by atoms with Gasteiger partial charge in [0.25, 0.3) is 0 Å². The van der Waals surface area contributed by atoms with Gasteiger partial charge in [-0.3, -0.25) is 0 Å². The molecule has 0 fully saturated rings. The molecule has 4 aromatic rings. The molecule has 0 aliphatic heterocycles. The molecule has 0 saturated carbocycles. The minimum Gasteiger partial charge on any atom is -0.497 e. The fourth-order valence-corrected chi connectivity index (χ4v) is 3.23. The first-order valence-corrected chi connectivity index (χ1v) is 9.58. The van der Waals surface area contributed by atoms with Crippen LogP contribution in [-0.2, 0) is 0 Å². The highest BCUT2D eigenvalue weighted by Gasteiger charge is 2.08. The summed E-state index contributed by atoms with van der Waals surface area (Å²) in [4.78, 5) is 12.5. The van der Waals surface area contributed by atoms with E-state index in [9.17, 15) is 4.79 Å². The molecule has 1 aromatic heterocycles. The topological polar surface area (TPSA) is 39.4 Å². The van der Waals surface area contributed by atoms with Crippen LogP contribution in [-0.4, -0.2) is 7.11 Å². The van der Waals surface area contributed by atoms with Gasteiger partial charge in [0.1, 0.15) is 11.3 Å². The summed E-state index contributed by atoms with van der Waals surface area (Å²) in [7, 11) is 1.65. The maximum atomic E-state index is 12.5. The Hall–Kier alpha value is -3.11. The molecular formula is C24H17BrO3. The van der Waals surface area contributed by atoms with E-state index in [2.05, 4.69) is 15.9 Å². The van der Waals surface area contributed by atoms with E-state index >= 15 is 0 Å². The molecule has 0 saturated heterocycles. The maximum absolute atomic E-state index is 12.5. The molecular weight excluding hydrogens is 416 g/mol. The van der Waals surface area contributed by atoms with E-state index in [1.165, 1.54) is 0 Å². The second kappa shape index (κ2) is 7.87. The van der Waals surface area contributed by atoms with Crippen LogP contribution in [0, 0.1) is 0 Å². The van der Waals surface area contributed by atoms with Crippen LogP contribution in [0.1, 0.15) is 11.1 Å². The van der Waals surface area contributed by atoms with Crippen molar-refractivity contribution in [3.63, 3.8) is 0 Å². The average Bonchev–Trinajstić information content (AvgIpc) is 2.72. The van der Waals surface area contributed by atoms with Crippen molar-refractivity contribution >= 4 is 39.1 Å². The van der Waals surface area contributed by atoms with Gasteiger partial charge < -0.3 is 9.15 Å². The van der Waals surface area contributed by atoms with Gasteiger partial charge in [-0.15, -0.1) is 0 Å². The smallest absolute Gasteiger partial charge is 0.344 e. The number of halogens is 1. The monoisotopic (exact) mass is 432 g/mol. The van der Waals surface area contributed by atoms with Gasteiger partial charge in [-0.05, 0) is 53.1 Å². The van der Waals surface area contributed by atoms with Crippen LogP contribution in [0.2, 0.25) is 0 Å². The van der Waals surface area contributed by atoms with Crippen molar-refractivity contribution < 1.29 is 9.15 Å². The lowest BCUT2D eigenvalue weighted by atomic mass is 10.0. The zero-order valence-electron chi connectivity index (χ0n) is 15.2. The Balaban J connectivity index is 1.65. The van der Waals surface area contributed by atoms with Crippen molar-refractivity contribution in [2.24, 2.45) is 0 Å². The predicted octanol–water partition coefficient (Wildman–Crippen LogP) is 6.40. The Morgan fingerprint density at radius 2 is 1.54 bits per heavy atom. The van der Waals surface area contributed by atoms with Gasteiger partial charge >= 0.3 is 5.63 Å². The lowest BCUT2D eigenvalue weighted by Gasteiger charge is -2.04. The summed E-state index contributed by atoms with van der Waals surface area (Å²) in [5, 5.41) is 0.888. The number of hydrogen-bond donors (Lipinski definition) is 0. The summed E-state index contributed by atoms with van der Waals surface area (Å²) >= 11 is 3.41. The molecule has 0 N–H and O–H groups in total. The standard InChI is InChI=1S/C24H17BrO3/c1-27-21-12-5-16(6-13-21)2-3-17-4-7-19-15-22(24(26)28-23(19)14-17)18-8-10-20(25)11-9-18/h2-15H,1H3/b3-2+. The molecule has 0 unspecified atom stereocenters. The maximum Gasteiger partial charge on any atom is 0.344 e. The largest absolute Gasteiger partial charge is 0.497 e. The Labute approximate surface area is 171 Å². The first kappa shape index (κ1) is 18.3. The first-order chi connectivity index (χ1) is 13.6. The number of methoxy groups -OCH3 is 1. The highest BCUT2D eigenvalue weighted by atomic mass is 79.9. The van der Waals surface area contributed by atoms with Crippen molar-refractivity contribution in [2.45, 2.75) is 0 Å². The Morgan fingerprint density at radius 3 is 2.25 bits per heavy atom. The van der Waals surface area contributed by atoms with Crippen molar-refractivity contribution in [1.82, 2.24) is 0 Å². The number of fused-ring (bicyclic) bond motifs is 1. The van der Waals surface area contributed by atoms with E-state index in [4.69, 9.17) is 9.15 Å². The number of ether oxygens (including phenoxy) is 1. The third-order valence-electron chi connectivity index (χ3n) is 4.50. The van der Waals surface area contributed by atoms with Crippen molar-refractivity contribution in [3.8, 4) is 16.9 Å². The van der Waals surface area contributed by atoms with E-state index in [1.54, 1.807) is 7.11 Å². The van der Waals surface area contributed by atoms with Gasteiger partial charge in [-0.2, -0.15) is 0 Å². The van der Waals surface area contributed by atoms with E-state index in [0.717, 1.165) is 32.3 Å². The lowest BCUT2D eigenvalue weighted by Crippen LogP contribution is -2.02. The quantitative estimate of drug-likeness (QED) is 0.276. The molecule has 3 aromatic carbocycles. The van der Waals surface area contributed by atoms with Gasteiger partial charge in [0.15, 0.2) is 0 Å². The van der Waals surface area contributed by atoms with Crippen molar-refractivity contribution in [2.75, 3.05) is 7.11 Å². The van der Waals surface area contributed by atoms with Crippen LogP contribution in [0.4, 0.5) is 0 Å². The number of benzene rings is 3. The van der Waals surface area contributed by atoms with Crippen LogP contribution in [0.5, 0.6) is 5.75 Å². The summed E-state index contributed by atoms with van der Waals surface area (Å²) in [6, 6.07) is 23.2. The van der Waals surface area contributed by atoms with Crippen molar-refractivity contribution in [1.29, 1.82) is 0 Å². The Morgan fingerprint density at radius 1 is 0.857 bits per heavy atom. The average molecular weight is 433 g/mol. The Bertz CT molecular complexity index is 1200. The van der Waals surface area contributed by atoms with Crippen LogP contribution in [0.25, 0.3) is 34.2 Å². The zero-order chi connectivity index (χ0) is 19.5. The van der Waals surface area contributed by atoms with E-state index in [0.29, 0.717) is 11.1 Å².